The fourth-order valence-corrected chi connectivity index (χ4v) is 1.11. The van der Waals surface area contributed by atoms with Gasteiger partial charge in [0.2, 0.25) is 6.10 Å². The second-order valence-electron chi connectivity index (χ2n) is 4.17. The topological polar surface area (TPSA) is 9.23 Å². The maximum absolute atomic E-state index is 13.1. The Morgan fingerprint density at radius 1 is 0.857 bits per heavy atom. The minimum atomic E-state index is -6.29. The largest absolute Gasteiger partial charge is 0.420 e. The van der Waals surface area contributed by atoms with Crippen molar-refractivity contribution in [3.8, 4) is 0 Å². The number of hydrogen-bond acceptors (Lipinski definition) is 1. The summed E-state index contributed by atoms with van der Waals surface area (Å²) in [5.74, 6) is -16.4. The average Bonchev–Trinajstić information content (AvgIpc) is 2.23. The van der Waals surface area contributed by atoms with Crippen LogP contribution in [0, 0.1) is 0 Å². The molecule has 0 amide bonds. The zero-order valence-electron chi connectivity index (χ0n) is 10.1. The van der Waals surface area contributed by atoms with Gasteiger partial charge in [-0.2, -0.15) is 30.7 Å². The quantitative estimate of drug-likeness (QED) is 0.631. The van der Waals surface area contributed by atoms with Gasteiger partial charge < -0.3 is 4.74 Å². The molecule has 2 unspecified atom stereocenters. The lowest BCUT2D eigenvalue weighted by Crippen LogP contribution is -2.61. The van der Waals surface area contributed by atoms with Crippen LogP contribution >= 0.6 is 0 Å². The van der Waals surface area contributed by atoms with Crippen molar-refractivity contribution in [1.29, 1.82) is 0 Å². The van der Waals surface area contributed by atoms with E-state index in [-0.39, 0.29) is 6.92 Å². The summed E-state index contributed by atoms with van der Waals surface area (Å²) in [5, 5.41) is 0. The molecule has 0 aromatic rings. The molecule has 0 spiro atoms. The molecular formula is C9H9F11O. The van der Waals surface area contributed by atoms with E-state index in [0.29, 0.717) is 0 Å². The molecule has 0 rings (SSSR count). The molecule has 0 radical (unpaired) electrons. The van der Waals surface area contributed by atoms with Crippen LogP contribution in [0.5, 0.6) is 0 Å². The number of rotatable bonds is 7. The van der Waals surface area contributed by atoms with Gasteiger partial charge in [-0.1, -0.05) is 0 Å². The minimum Gasteiger partial charge on any atom is -0.357 e. The van der Waals surface area contributed by atoms with Gasteiger partial charge in [-0.05, 0) is 0 Å². The highest BCUT2D eigenvalue weighted by atomic mass is 19.4. The van der Waals surface area contributed by atoms with Gasteiger partial charge in [-0.3, -0.25) is 0 Å². The van der Waals surface area contributed by atoms with Crippen LogP contribution in [0.4, 0.5) is 48.3 Å². The van der Waals surface area contributed by atoms with Crippen LogP contribution < -0.4 is 0 Å². The second kappa shape index (κ2) is 6.13. The SMILES string of the molecule is CC(F)(F)COC(C(F)(F)F)C(F)(F)C(F)(F)C(F)CF. The highest BCUT2D eigenvalue weighted by Gasteiger charge is 2.72. The van der Waals surface area contributed by atoms with Crippen molar-refractivity contribution < 1.29 is 53.0 Å². The summed E-state index contributed by atoms with van der Waals surface area (Å²) in [6.45, 7) is -4.98. The number of hydrogen-bond donors (Lipinski definition) is 0. The van der Waals surface area contributed by atoms with Crippen molar-refractivity contribution in [1.82, 2.24) is 0 Å². The zero-order valence-corrected chi connectivity index (χ0v) is 10.1. The van der Waals surface area contributed by atoms with Crippen LogP contribution in [0.2, 0.25) is 0 Å². The number of alkyl halides is 11. The molecule has 0 fully saturated rings. The Kier molecular flexibility index (Phi) is 5.89. The van der Waals surface area contributed by atoms with Crippen molar-refractivity contribution in [2.24, 2.45) is 0 Å². The predicted molar refractivity (Wildman–Crippen MR) is 47.2 cm³/mol. The van der Waals surface area contributed by atoms with E-state index in [4.69, 9.17) is 0 Å². The minimum absolute atomic E-state index is 0.0176. The van der Waals surface area contributed by atoms with Gasteiger partial charge in [0.15, 0.2) is 6.17 Å². The van der Waals surface area contributed by atoms with Crippen LogP contribution in [-0.2, 0) is 4.74 Å². The molecule has 1 nitrogen and oxygen atoms in total. The maximum atomic E-state index is 13.1. The predicted octanol–water partition coefficient (Wildman–Crippen LogP) is 4.17. The molecular weight excluding hydrogens is 333 g/mol. The van der Waals surface area contributed by atoms with E-state index in [1.54, 1.807) is 0 Å². The Morgan fingerprint density at radius 3 is 1.57 bits per heavy atom. The Balaban J connectivity index is 5.50. The molecule has 0 saturated carbocycles. The van der Waals surface area contributed by atoms with E-state index >= 15 is 0 Å². The van der Waals surface area contributed by atoms with E-state index in [2.05, 4.69) is 4.74 Å². The summed E-state index contributed by atoms with van der Waals surface area (Å²) in [4.78, 5) is 0. The molecule has 0 aromatic heterocycles. The third kappa shape index (κ3) is 4.85. The van der Waals surface area contributed by atoms with Crippen molar-refractivity contribution in [3.05, 3.63) is 0 Å². The lowest BCUT2D eigenvalue weighted by atomic mass is 10.0. The van der Waals surface area contributed by atoms with E-state index in [1.165, 1.54) is 0 Å². The van der Waals surface area contributed by atoms with Gasteiger partial charge in [0.1, 0.15) is 13.3 Å². The molecule has 0 aliphatic rings. The van der Waals surface area contributed by atoms with Crippen LogP contribution in [-0.4, -0.2) is 49.5 Å². The first kappa shape index (κ1) is 20.2. The third-order valence-electron chi connectivity index (χ3n) is 2.10. The Bertz CT molecular complexity index is 332. The highest BCUT2D eigenvalue weighted by molar-refractivity contribution is 4.99. The Morgan fingerprint density at radius 2 is 1.29 bits per heavy atom. The monoisotopic (exact) mass is 342 g/mol. The lowest BCUT2D eigenvalue weighted by molar-refractivity contribution is -0.351. The van der Waals surface area contributed by atoms with Crippen molar-refractivity contribution in [2.45, 2.75) is 43.1 Å². The molecule has 21 heavy (non-hydrogen) atoms. The lowest BCUT2D eigenvalue weighted by Gasteiger charge is -2.35. The highest BCUT2D eigenvalue weighted by Crippen LogP contribution is 2.47. The third-order valence-corrected chi connectivity index (χ3v) is 2.10. The first-order valence-electron chi connectivity index (χ1n) is 5.09. The first-order valence-corrected chi connectivity index (χ1v) is 5.09. The molecule has 0 bridgehead atoms. The molecule has 12 heteroatoms. The van der Waals surface area contributed by atoms with Gasteiger partial charge in [-0.15, -0.1) is 0 Å². The number of halogens is 11. The summed E-state index contributed by atoms with van der Waals surface area (Å²) in [6.07, 6.45) is -15.2. The summed E-state index contributed by atoms with van der Waals surface area (Å²) in [5.41, 5.74) is 0. The molecule has 128 valence electrons. The normalized spacial score (nSPS) is 17.7. The second-order valence-corrected chi connectivity index (χ2v) is 4.17. The van der Waals surface area contributed by atoms with Gasteiger partial charge in [0, 0.05) is 6.92 Å². The molecule has 0 heterocycles. The van der Waals surface area contributed by atoms with E-state index < -0.39 is 49.5 Å². The molecule has 0 N–H and O–H groups in total. The van der Waals surface area contributed by atoms with E-state index in [0.717, 1.165) is 0 Å². The van der Waals surface area contributed by atoms with Crippen molar-refractivity contribution >= 4 is 0 Å². The number of ether oxygens (including phenoxy) is 1. The fourth-order valence-electron chi connectivity index (χ4n) is 1.11. The van der Waals surface area contributed by atoms with E-state index in [1.807, 2.05) is 0 Å². The molecule has 0 saturated heterocycles. The molecule has 0 aliphatic heterocycles. The average molecular weight is 342 g/mol. The Hall–Kier alpha value is -0.810. The smallest absolute Gasteiger partial charge is 0.357 e. The van der Waals surface area contributed by atoms with Gasteiger partial charge in [0.05, 0.1) is 0 Å². The van der Waals surface area contributed by atoms with Crippen LogP contribution in [0.25, 0.3) is 0 Å². The Labute approximate surface area is 111 Å². The summed E-state index contributed by atoms with van der Waals surface area (Å²) >= 11 is 0. The standard InChI is InChI=1S/C9H9F11O/c1-6(12,13)3-21-5(9(18,19)20)8(16,17)7(14,15)4(11)2-10/h4-5H,2-3H2,1H3. The zero-order chi connectivity index (χ0) is 17.3. The van der Waals surface area contributed by atoms with Crippen molar-refractivity contribution in [3.63, 3.8) is 0 Å². The summed E-state index contributed by atoms with van der Waals surface area (Å²) in [7, 11) is 0. The van der Waals surface area contributed by atoms with Crippen LogP contribution in [0.15, 0.2) is 0 Å². The van der Waals surface area contributed by atoms with Crippen LogP contribution in [0.1, 0.15) is 6.92 Å². The van der Waals surface area contributed by atoms with E-state index in [9.17, 15) is 48.3 Å². The first-order chi connectivity index (χ1) is 9.07. The molecule has 0 aliphatic carbocycles. The van der Waals surface area contributed by atoms with Crippen LogP contribution in [0.3, 0.4) is 0 Å². The van der Waals surface area contributed by atoms with Gasteiger partial charge in [-0.25, -0.2) is 17.6 Å². The molecule has 0 aromatic carbocycles. The fraction of sp³-hybridized carbons (Fsp3) is 1.00. The summed E-state index contributed by atoms with van der Waals surface area (Å²) in [6, 6.07) is 0. The van der Waals surface area contributed by atoms with Gasteiger partial charge in [0.25, 0.3) is 5.92 Å². The molecule has 2 atom stereocenters. The maximum Gasteiger partial charge on any atom is 0.420 e. The summed E-state index contributed by atoms with van der Waals surface area (Å²) < 4.78 is 141. The van der Waals surface area contributed by atoms with Crippen molar-refractivity contribution in [2.75, 3.05) is 13.3 Å². The van der Waals surface area contributed by atoms with Gasteiger partial charge >= 0.3 is 18.0 Å².